The molecular weight excluding hydrogens is 266 g/mol. The van der Waals surface area contributed by atoms with Gasteiger partial charge in [-0.2, -0.15) is 0 Å². The maximum Gasteiger partial charge on any atom is 0.235 e. The van der Waals surface area contributed by atoms with Crippen LogP contribution in [-0.2, 0) is 21.2 Å². The second-order valence-electron chi connectivity index (χ2n) is 4.31. The quantitative estimate of drug-likeness (QED) is 0.642. The molecular formula is C12H19N3O3S. The summed E-state index contributed by atoms with van der Waals surface area (Å²) >= 11 is 0. The first kappa shape index (κ1) is 15.6. The molecule has 0 aliphatic rings. The van der Waals surface area contributed by atoms with E-state index in [2.05, 4.69) is 15.6 Å². The molecule has 6 nitrogen and oxygen atoms in total. The molecule has 19 heavy (non-hydrogen) atoms. The zero-order valence-electron chi connectivity index (χ0n) is 10.9. The molecule has 0 atom stereocenters. The van der Waals surface area contributed by atoms with Gasteiger partial charge in [0.1, 0.15) is 5.75 Å². The molecule has 0 saturated heterocycles. The average molecular weight is 285 g/mol. The van der Waals surface area contributed by atoms with Crippen molar-refractivity contribution in [3.8, 4) is 0 Å². The molecule has 1 aromatic heterocycles. The molecule has 0 fully saturated rings. The highest BCUT2D eigenvalue weighted by Gasteiger charge is 2.09. The molecule has 2 N–H and O–H groups in total. The molecule has 0 aliphatic carbocycles. The van der Waals surface area contributed by atoms with E-state index >= 15 is 0 Å². The average Bonchev–Trinajstić information content (AvgIpc) is 2.32. The summed E-state index contributed by atoms with van der Waals surface area (Å²) in [6.45, 7) is 1.94. The number of aromatic nitrogens is 1. The lowest BCUT2D eigenvalue weighted by molar-refractivity contribution is -0.118. The normalized spacial score (nSPS) is 11.2. The minimum atomic E-state index is -3.24. The van der Waals surface area contributed by atoms with Crippen molar-refractivity contribution in [2.24, 2.45) is 0 Å². The first-order chi connectivity index (χ1) is 8.97. The first-order valence-electron chi connectivity index (χ1n) is 6.01. The molecule has 0 saturated carbocycles. The Balaban J connectivity index is 2.04. The van der Waals surface area contributed by atoms with E-state index in [-0.39, 0.29) is 0 Å². The fraction of sp³-hybridized carbons (Fsp3) is 0.500. The number of hydrogen-bond donors (Lipinski definition) is 2. The van der Waals surface area contributed by atoms with Crippen molar-refractivity contribution in [2.75, 3.05) is 25.1 Å². The van der Waals surface area contributed by atoms with Crippen molar-refractivity contribution < 1.29 is 13.2 Å². The second-order valence-corrected chi connectivity index (χ2v) is 6.45. The van der Waals surface area contributed by atoms with Gasteiger partial charge in [0, 0.05) is 31.7 Å². The Hall–Kier alpha value is -1.47. The van der Waals surface area contributed by atoms with Crippen molar-refractivity contribution in [1.29, 1.82) is 0 Å². The Morgan fingerprint density at radius 2 is 2.16 bits per heavy atom. The topological polar surface area (TPSA) is 88.2 Å². The number of pyridine rings is 1. The van der Waals surface area contributed by atoms with Crippen LogP contribution in [0.15, 0.2) is 24.5 Å². The van der Waals surface area contributed by atoms with Crippen LogP contribution in [0.2, 0.25) is 0 Å². The van der Waals surface area contributed by atoms with Gasteiger partial charge in [-0.15, -0.1) is 0 Å². The third-order valence-electron chi connectivity index (χ3n) is 2.30. The van der Waals surface area contributed by atoms with Crippen molar-refractivity contribution in [1.82, 2.24) is 15.6 Å². The van der Waals surface area contributed by atoms with E-state index in [1.807, 2.05) is 12.1 Å². The number of rotatable bonds is 8. The zero-order chi connectivity index (χ0) is 14.1. The number of nitrogens with zero attached hydrogens (tertiary/aromatic N) is 1. The molecule has 0 bridgehead atoms. The minimum absolute atomic E-state index is 0.448. The third kappa shape index (κ3) is 8.28. The lowest BCUT2D eigenvalue weighted by atomic mass is 10.3. The molecule has 0 aromatic carbocycles. The Bertz CT molecular complexity index is 488. The van der Waals surface area contributed by atoms with Crippen LogP contribution in [0.3, 0.4) is 0 Å². The number of nitrogens with one attached hydrogen (secondary N) is 2. The number of amides is 1. The van der Waals surface area contributed by atoms with E-state index in [4.69, 9.17) is 0 Å². The summed E-state index contributed by atoms with van der Waals surface area (Å²) in [5.74, 6) is -0.898. The van der Waals surface area contributed by atoms with Crippen LogP contribution < -0.4 is 10.6 Å². The molecule has 0 radical (unpaired) electrons. The molecule has 1 rings (SSSR count). The van der Waals surface area contributed by atoms with Gasteiger partial charge in [0.25, 0.3) is 0 Å². The first-order valence-corrected chi connectivity index (χ1v) is 8.07. The predicted octanol–water partition coefficient (Wildman–Crippen LogP) is -0.278. The van der Waals surface area contributed by atoms with Gasteiger partial charge in [-0.25, -0.2) is 8.42 Å². The molecule has 106 valence electrons. The highest BCUT2D eigenvalue weighted by molar-refractivity contribution is 7.91. The van der Waals surface area contributed by atoms with Crippen LogP contribution in [0, 0.1) is 0 Å². The van der Waals surface area contributed by atoms with Gasteiger partial charge in [-0.05, 0) is 24.6 Å². The summed E-state index contributed by atoms with van der Waals surface area (Å²) in [5.41, 5.74) is 1.10. The van der Waals surface area contributed by atoms with Gasteiger partial charge in [-0.1, -0.05) is 6.07 Å². The van der Waals surface area contributed by atoms with E-state index in [9.17, 15) is 13.2 Å². The number of carbonyl (C=O) groups is 1. The van der Waals surface area contributed by atoms with Gasteiger partial charge >= 0.3 is 0 Å². The van der Waals surface area contributed by atoms with Gasteiger partial charge in [0.05, 0.1) is 0 Å². The largest absolute Gasteiger partial charge is 0.355 e. The van der Waals surface area contributed by atoms with Gasteiger partial charge in [0.2, 0.25) is 5.91 Å². The predicted molar refractivity (Wildman–Crippen MR) is 73.3 cm³/mol. The van der Waals surface area contributed by atoms with E-state index in [1.54, 1.807) is 12.4 Å². The van der Waals surface area contributed by atoms with E-state index in [1.165, 1.54) is 0 Å². The number of carbonyl (C=O) groups excluding carboxylic acids is 1. The summed E-state index contributed by atoms with van der Waals surface area (Å²) in [6, 6.07) is 3.86. The summed E-state index contributed by atoms with van der Waals surface area (Å²) in [4.78, 5) is 15.2. The fourth-order valence-corrected chi connectivity index (χ4v) is 2.04. The smallest absolute Gasteiger partial charge is 0.235 e. The lowest BCUT2D eigenvalue weighted by Crippen LogP contribution is -2.32. The number of sulfone groups is 1. The van der Waals surface area contributed by atoms with Crippen molar-refractivity contribution in [3.63, 3.8) is 0 Å². The maximum absolute atomic E-state index is 11.2. The van der Waals surface area contributed by atoms with E-state index in [0.29, 0.717) is 6.54 Å². The maximum atomic E-state index is 11.2. The summed E-state index contributed by atoms with van der Waals surface area (Å²) < 4.78 is 21.7. The standard InChI is InChI=1S/C12H19N3O3S/c1-19(17,18)10-12(16)15-7-3-6-14-9-11-4-2-5-13-8-11/h2,4-5,8,14H,3,6-7,9-10H2,1H3,(H,15,16). The molecule has 1 aromatic rings. The molecule has 7 heteroatoms. The lowest BCUT2D eigenvalue weighted by Gasteiger charge is -2.06. The molecule has 1 amide bonds. The SMILES string of the molecule is CS(=O)(=O)CC(=O)NCCCNCc1cccnc1. The van der Waals surface area contributed by atoms with Crippen molar-refractivity contribution in [3.05, 3.63) is 30.1 Å². The van der Waals surface area contributed by atoms with Gasteiger partial charge < -0.3 is 10.6 Å². The van der Waals surface area contributed by atoms with Crippen LogP contribution in [0.25, 0.3) is 0 Å². The Morgan fingerprint density at radius 1 is 1.37 bits per heavy atom. The van der Waals surface area contributed by atoms with Crippen molar-refractivity contribution >= 4 is 15.7 Å². The molecule has 0 aliphatic heterocycles. The monoisotopic (exact) mass is 285 g/mol. The number of hydrogen-bond acceptors (Lipinski definition) is 5. The Labute approximate surface area is 113 Å². The fourth-order valence-electron chi connectivity index (χ4n) is 1.47. The highest BCUT2D eigenvalue weighted by Crippen LogP contribution is 1.93. The van der Waals surface area contributed by atoms with E-state index in [0.717, 1.165) is 31.3 Å². The van der Waals surface area contributed by atoms with Gasteiger partial charge in [0.15, 0.2) is 9.84 Å². The van der Waals surface area contributed by atoms with Gasteiger partial charge in [-0.3, -0.25) is 9.78 Å². The summed E-state index contributed by atoms with van der Waals surface area (Å²) in [7, 11) is -3.24. The van der Waals surface area contributed by atoms with Crippen LogP contribution in [0.1, 0.15) is 12.0 Å². The molecule has 1 heterocycles. The summed E-state index contributed by atoms with van der Waals surface area (Å²) in [6.07, 6.45) is 5.31. The Morgan fingerprint density at radius 3 is 2.79 bits per heavy atom. The highest BCUT2D eigenvalue weighted by atomic mass is 32.2. The van der Waals surface area contributed by atoms with Crippen molar-refractivity contribution in [2.45, 2.75) is 13.0 Å². The van der Waals surface area contributed by atoms with Crippen LogP contribution in [-0.4, -0.2) is 44.4 Å². The summed E-state index contributed by atoms with van der Waals surface area (Å²) in [5, 5.41) is 5.78. The van der Waals surface area contributed by atoms with Crippen LogP contribution in [0.5, 0.6) is 0 Å². The third-order valence-corrected chi connectivity index (χ3v) is 3.08. The molecule has 0 unspecified atom stereocenters. The van der Waals surface area contributed by atoms with Crippen LogP contribution >= 0.6 is 0 Å². The Kier molecular flexibility index (Phi) is 6.44. The zero-order valence-corrected chi connectivity index (χ0v) is 11.7. The second kappa shape index (κ2) is 7.85. The minimum Gasteiger partial charge on any atom is -0.355 e. The van der Waals surface area contributed by atoms with E-state index < -0.39 is 21.5 Å². The molecule has 0 spiro atoms. The van der Waals surface area contributed by atoms with Crippen LogP contribution in [0.4, 0.5) is 0 Å².